The van der Waals surface area contributed by atoms with Crippen molar-refractivity contribution < 1.29 is 9.53 Å². The summed E-state index contributed by atoms with van der Waals surface area (Å²) in [5.41, 5.74) is 2.79. The zero-order valence-electron chi connectivity index (χ0n) is 15.5. The van der Waals surface area contributed by atoms with Gasteiger partial charge in [-0.1, -0.05) is 50.8 Å². The van der Waals surface area contributed by atoms with Crippen LogP contribution in [0, 0.1) is 0 Å². The van der Waals surface area contributed by atoms with Crippen LogP contribution in [0.4, 0.5) is 0 Å². The second kappa shape index (κ2) is 9.17. The van der Waals surface area contributed by atoms with Gasteiger partial charge in [0.25, 0.3) is 0 Å². The molecule has 2 N–H and O–H groups in total. The van der Waals surface area contributed by atoms with Crippen LogP contribution < -0.4 is 15.4 Å². The highest BCUT2D eigenvalue weighted by atomic mass is 32.1. The van der Waals surface area contributed by atoms with Gasteiger partial charge in [0.05, 0.1) is 12.6 Å². The largest absolute Gasteiger partial charge is 0.493 e. The molecule has 0 aromatic heterocycles. The molecule has 0 spiro atoms. The molecule has 1 unspecified atom stereocenters. The molecule has 140 valence electrons. The topological polar surface area (TPSA) is 50.4 Å². The first-order chi connectivity index (χ1) is 12.7. The number of Topliss-reactive ketones (excluding diaryl/α,β-unsaturated/α-hetero) is 1. The molecule has 4 nitrogen and oxygen atoms in total. The van der Waals surface area contributed by atoms with Crippen LogP contribution in [0.25, 0.3) is 0 Å². The van der Waals surface area contributed by atoms with Crippen LogP contribution in [-0.2, 0) is 4.79 Å². The summed E-state index contributed by atoms with van der Waals surface area (Å²) in [6.45, 7) is 2.93. The van der Waals surface area contributed by atoms with Gasteiger partial charge in [-0.05, 0) is 37.5 Å². The van der Waals surface area contributed by atoms with Crippen LogP contribution in [-0.4, -0.2) is 17.5 Å². The minimum atomic E-state index is -0.220. The van der Waals surface area contributed by atoms with E-state index in [-0.39, 0.29) is 11.8 Å². The van der Waals surface area contributed by atoms with Gasteiger partial charge in [-0.3, -0.25) is 4.79 Å². The van der Waals surface area contributed by atoms with Gasteiger partial charge in [0.15, 0.2) is 10.9 Å². The number of para-hydroxylation sites is 1. The fourth-order valence-electron chi connectivity index (χ4n) is 3.68. The summed E-state index contributed by atoms with van der Waals surface area (Å²) in [4.78, 5) is 12.6. The predicted molar refractivity (Wildman–Crippen MR) is 108 cm³/mol. The van der Waals surface area contributed by atoms with Gasteiger partial charge in [0, 0.05) is 23.3 Å². The van der Waals surface area contributed by atoms with E-state index in [0.717, 1.165) is 41.8 Å². The normalized spacial score (nSPS) is 19.7. The lowest BCUT2D eigenvalue weighted by Crippen LogP contribution is -2.46. The van der Waals surface area contributed by atoms with E-state index < -0.39 is 0 Å². The van der Waals surface area contributed by atoms with E-state index in [9.17, 15) is 4.79 Å². The summed E-state index contributed by atoms with van der Waals surface area (Å²) in [6.07, 6.45) is 8.40. The van der Waals surface area contributed by atoms with Gasteiger partial charge in [0.2, 0.25) is 0 Å². The van der Waals surface area contributed by atoms with Crippen LogP contribution in [0.5, 0.6) is 5.75 Å². The van der Waals surface area contributed by atoms with E-state index in [2.05, 4.69) is 17.6 Å². The summed E-state index contributed by atoms with van der Waals surface area (Å²) in [7, 11) is 0. The highest BCUT2D eigenvalue weighted by molar-refractivity contribution is 7.80. The first kappa shape index (κ1) is 18.9. The maximum atomic E-state index is 12.6. The molecule has 0 saturated carbocycles. The van der Waals surface area contributed by atoms with Crippen molar-refractivity contribution in [2.75, 3.05) is 6.61 Å². The van der Waals surface area contributed by atoms with Crippen LogP contribution in [0.2, 0.25) is 0 Å². The zero-order chi connectivity index (χ0) is 18.4. The van der Waals surface area contributed by atoms with Crippen molar-refractivity contribution in [3.63, 3.8) is 0 Å². The maximum Gasteiger partial charge on any atom is 0.171 e. The fourth-order valence-corrected chi connectivity index (χ4v) is 3.92. The Labute approximate surface area is 161 Å². The van der Waals surface area contributed by atoms with E-state index in [4.69, 9.17) is 17.0 Å². The van der Waals surface area contributed by atoms with Crippen LogP contribution in [0.15, 0.2) is 35.5 Å². The lowest BCUT2D eigenvalue weighted by Gasteiger charge is -2.34. The monoisotopic (exact) mass is 372 g/mol. The number of thiocarbonyl (C=S) groups is 1. The Bertz CT molecular complexity index is 699. The van der Waals surface area contributed by atoms with E-state index in [1.165, 1.54) is 25.7 Å². The third-order valence-electron chi connectivity index (χ3n) is 5.02. The van der Waals surface area contributed by atoms with E-state index >= 15 is 0 Å². The third-order valence-corrected chi connectivity index (χ3v) is 5.24. The first-order valence-corrected chi connectivity index (χ1v) is 10.2. The van der Waals surface area contributed by atoms with E-state index in [1.807, 2.05) is 24.3 Å². The average molecular weight is 373 g/mol. The highest BCUT2D eigenvalue weighted by Crippen LogP contribution is 2.37. The number of hydrogen-bond acceptors (Lipinski definition) is 3. The molecule has 0 radical (unpaired) electrons. The first-order valence-electron chi connectivity index (χ1n) is 9.76. The van der Waals surface area contributed by atoms with Gasteiger partial charge >= 0.3 is 0 Å². The molecular formula is C21H28N2O2S. The predicted octanol–water partition coefficient (Wildman–Crippen LogP) is 4.56. The van der Waals surface area contributed by atoms with Gasteiger partial charge < -0.3 is 15.4 Å². The maximum absolute atomic E-state index is 12.6. The minimum Gasteiger partial charge on any atom is -0.493 e. The SMILES string of the molecule is CCCCCCCOc1ccccc1C1NC(=S)NC2=C1C(=O)CCC2. The van der Waals surface area contributed by atoms with Gasteiger partial charge in [0.1, 0.15) is 5.75 Å². The average Bonchev–Trinajstić information content (AvgIpc) is 2.64. The number of carbonyl (C=O) groups excluding carboxylic acids is 1. The number of hydrogen-bond donors (Lipinski definition) is 2. The molecule has 5 heteroatoms. The molecule has 0 amide bonds. The number of ketones is 1. The van der Waals surface area contributed by atoms with Crippen LogP contribution >= 0.6 is 12.2 Å². The van der Waals surface area contributed by atoms with E-state index in [1.54, 1.807) is 0 Å². The van der Waals surface area contributed by atoms with Gasteiger partial charge in [-0.25, -0.2) is 0 Å². The fraction of sp³-hybridized carbons (Fsp3) is 0.524. The molecule has 1 aromatic carbocycles. The smallest absolute Gasteiger partial charge is 0.171 e. The van der Waals surface area contributed by atoms with Crippen molar-refractivity contribution in [3.05, 3.63) is 41.1 Å². The molecule has 1 aromatic rings. The Balaban J connectivity index is 1.76. The van der Waals surface area contributed by atoms with Crippen LogP contribution in [0.1, 0.15) is 69.9 Å². The van der Waals surface area contributed by atoms with Crippen LogP contribution in [0.3, 0.4) is 0 Å². The summed E-state index contributed by atoms with van der Waals surface area (Å²) < 4.78 is 6.08. The van der Waals surface area contributed by atoms with Gasteiger partial charge in [-0.15, -0.1) is 0 Å². The molecule has 1 aliphatic carbocycles. The number of benzene rings is 1. The minimum absolute atomic E-state index is 0.202. The Morgan fingerprint density at radius 3 is 2.81 bits per heavy atom. The summed E-state index contributed by atoms with van der Waals surface area (Å²) in [5, 5.41) is 7.04. The Hall–Kier alpha value is -1.88. The zero-order valence-corrected chi connectivity index (χ0v) is 16.3. The highest BCUT2D eigenvalue weighted by Gasteiger charge is 2.34. The van der Waals surface area contributed by atoms with Gasteiger partial charge in [-0.2, -0.15) is 0 Å². The van der Waals surface area contributed by atoms with Crippen molar-refractivity contribution in [3.8, 4) is 5.75 Å². The third kappa shape index (κ3) is 4.44. The molecule has 0 fully saturated rings. The van der Waals surface area contributed by atoms with E-state index in [0.29, 0.717) is 18.1 Å². The summed E-state index contributed by atoms with van der Waals surface area (Å²) in [6, 6.07) is 7.77. The van der Waals surface area contributed by atoms with Crippen molar-refractivity contribution in [1.82, 2.24) is 10.6 Å². The Kier molecular flexibility index (Phi) is 6.67. The number of ether oxygens (including phenoxy) is 1. The van der Waals surface area contributed by atoms with Crippen molar-refractivity contribution in [2.24, 2.45) is 0 Å². The molecular weight excluding hydrogens is 344 g/mol. The summed E-state index contributed by atoms with van der Waals surface area (Å²) in [5.74, 6) is 1.04. The lowest BCUT2D eigenvalue weighted by atomic mass is 9.85. The molecule has 26 heavy (non-hydrogen) atoms. The lowest BCUT2D eigenvalue weighted by molar-refractivity contribution is -0.116. The van der Waals surface area contributed by atoms with Crippen molar-refractivity contribution >= 4 is 23.1 Å². The Morgan fingerprint density at radius 1 is 1.15 bits per heavy atom. The molecule has 3 rings (SSSR count). The number of rotatable bonds is 8. The second-order valence-electron chi connectivity index (χ2n) is 7.00. The quantitative estimate of drug-likeness (QED) is 0.517. The molecule has 1 heterocycles. The summed E-state index contributed by atoms with van der Waals surface area (Å²) >= 11 is 5.37. The molecule has 1 aliphatic heterocycles. The van der Waals surface area contributed by atoms with Crippen molar-refractivity contribution in [2.45, 2.75) is 64.3 Å². The molecule has 2 aliphatic rings. The number of nitrogens with one attached hydrogen (secondary N) is 2. The molecule has 0 bridgehead atoms. The second-order valence-corrected chi connectivity index (χ2v) is 7.41. The standard InChI is InChI=1S/C21H28N2O2S/c1-2-3-4-5-8-14-25-18-13-7-6-10-15(18)20-19-16(22-21(26)23-20)11-9-12-17(19)24/h6-7,10,13,20H,2-5,8-9,11-12,14H2,1H3,(H2,22,23,26). The van der Waals surface area contributed by atoms with Crippen molar-refractivity contribution in [1.29, 1.82) is 0 Å². The molecule has 0 saturated heterocycles. The number of allylic oxidation sites excluding steroid dienone is 1. The number of carbonyl (C=O) groups is 1. The Morgan fingerprint density at radius 2 is 1.96 bits per heavy atom. The number of unbranched alkanes of at least 4 members (excludes halogenated alkanes) is 4. The molecule has 1 atom stereocenters.